The van der Waals surface area contributed by atoms with Gasteiger partial charge in [-0.15, -0.1) is 0 Å². The maximum Gasteiger partial charge on any atom is 0.419 e. The predicted octanol–water partition coefficient (Wildman–Crippen LogP) is 2.88. The second-order valence-corrected chi connectivity index (χ2v) is 6.59. The Morgan fingerprint density at radius 3 is 2.81 bits per heavy atom. The van der Waals surface area contributed by atoms with Crippen LogP contribution < -0.4 is 9.80 Å². The van der Waals surface area contributed by atoms with Crippen molar-refractivity contribution >= 4 is 17.4 Å². The summed E-state index contributed by atoms with van der Waals surface area (Å²) in [6.45, 7) is 1.56. The summed E-state index contributed by atoms with van der Waals surface area (Å²) in [4.78, 5) is 19.2. The predicted molar refractivity (Wildman–Crippen MR) is 88.9 cm³/mol. The smallest absolute Gasteiger partial charge is 0.354 e. The standard InChI is InChI=1S/C17H18F3N5O/c18-17(19,20)14-3-1-6-21-16(14)23-8-5-12(10-23)25-11-13(9-22-25)24-7-2-4-15(24)26/h1,3,6,9,11-12H,2,4-5,7-8,10H2. The Kier molecular flexibility index (Phi) is 4.08. The molecule has 4 rings (SSSR count). The van der Waals surface area contributed by atoms with Crippen molar-refractivity contribution < 1.29 is 18.0 Å². The van der Waals surface area contributed by atoms with Crippen LogP contribution in [0.5, 0.6) is 0 Å². The average molecular weight is 365 g/mol. The minimum Gasteiger partial charge on any atom is -0.354 e. The zero-order chi connectivity index (χ0) is 18.3. The molecule has 0 saturated carbocycles. The molecule has 2 aromatic rings. The third-order valence-electron chi connectivity index (χ3n) is 4.90. The molecule has 2 aromatic heterocycles. The van der Waals surface area contributed by atoms with E-state index in [-0.39, 0.29) is 17.8 Å². The van der Waals surface area contributed by atoms with E-state index < -0.39 is 11.7 Å². The molecule has 0 radical (unpaired) electrons. The lowest BCUT2D eigenvalue weighted by Crippen LogP contribution is -2.25. The van der Waals surface area contributed by atoms with Gasteiger partial charge in [0.2, 0.25) is 5.91 Å². The van der Waals surface area contributed by atoms with Crippen molar-refractivity contribution in [1.82, 2.24) is 14.8 Å². The van der Waals surface area contributed by atoms with Gasteiger partial charge in [-0.2, -0.15) is 18.3 Å². The summed E-state index contributed by atoms with van der Waals surface area (Å²) >= 11 is 0. The number of rotatable bonds is 3. The maximum absolute atomic E-state index is 13.2. The van der Waals surface area contributed by atoms with Gasteiger partial charge >= 0.3 is 6.18 Å². The molecule has 0 spiro atoms. The molecule has 0 N–H and O–H groups in total. The molecule has 138 valence electrons. The summed E-state index contributed by atoms with van der Waals surface area (Å²) in [5.41, 5.74) is 0.0317. The number of halogens is 3. The number of hydrogen-bond donors (Lipinski definition) is 0. The number of carbonyl (C=O) groups excluding carboxylic acids is 1. The monoisotopic (exact) mass is 365 g/mol. The number of anilines is 2. The largest absolute Gasteiger partial charge is 0.419 e. The molecule has 1 atom stereocenters. The van der Waals surface area contributed by atoms with Gasteiger partial charge < -0.3 is 9.80 Å². The summed E-state index contributed by atoms with van der Waals surface area (Å²) in [6, 6.07) is 2.30. The van der Waals surface area contributed by atoms with Gasteiger partial charge in [0, 0.05) is 38.4 Å². The van der Waals surface area contributed by atoms with Crippen molar-refractivity contribution in [3.05, 3.63) is 36.3 Å². The first-order chi connectivity index (χ1) is 12.4. The molecule has 2 aliphatic heterocycles. The van der Waals surface area contributed by atoms with Crippen LogP contribution in [0.2, 0.25) is 0 Å². The molecule has 0 bridgehead atoms. The fraction of sp³-hybridized carbons (Fsp3) is 0.471. The van der Waals surface area contributed by atoms with E-state index in [0.29, 0.717) is 32.5 Å². The van der Waals surface area contributed by atoms with Crippen molar-refractivity contribution in [2.24, 2.45) is 0 Å². The first kappa shape index (κ1) is 16.9. The first-order valence-electron chi connectivity index (χ1n) is 8.55. The highest BCUT2D eigenvalue weighted by molar-refractivity contribution is 5.95. The van der Waals surface area contributed by atoms with E-state index in [4.69, 9.17) is 0 Å². The minimum atomic E-state index is -4.43. The highest BCUT2D eigenvalue weighted by atomic mass is 19.4. The van der Waals surface area contributed by atoms with Gasteiger partial charge in [-0.25, -0.2) is 4.98 Å². The van der Waals surface area contributed by atoms with Crippen LogP contribution in [0.4, 0.5) is 24.7 Å². The Labute approximate surface area is 148 Å². The molecular weight excluding hydrogens is 347 g/mol. The highest BCUT2D eigenvalue weighted by Crippen LogP contribution is 2.37. The number of nitrogens with zero attached hydrogens (tertiary/aromatic N) is 5. The summed E-state index contributed by atoms with van der Waals surface area (Å²) in [5.74, 6) is 0.0468. The van der Waals surface area contributed by atoms with Gasteiger partial charge in [0.1, 0.15) is 5.82 Å². The number of hydrogen-bond acceptors (Lipinski definition) is 4. The van der Waals surface area contributed by atoms with E-state index in [2.05, 4.69) is 10.1 Å². The van der Waals surface area contributed by atoms with Gasteiger partial charge in [0.25, 0.3) is 0 Å². The Bertz CT molecular complexity index is 819. The molecule has 2 saturated heterocycles. The number of aromatic nitrogens is 3. The van der Waals surface area contributed by atoms with Gasteiger partial charge in [-0.05, 0) is 25.0 Å². The van der Waals surface area contributed by atoms with Crippen LogP contribution in [-0.4, -0.2) is 40.3 Å². The van der Waals surface area contributed by atoms with E-state index >= 15 is 0 Å². The lowest BCUT2D eigenvalue weighted by atomic mass is 10.2. The van der Waals surface area contributed by atoms with E-state index in [0.717, 1.165) is 18.2 Å². The molecule has 1 unspecified atom stereocenters. The van der Waals surface area contributed by atoms with Crippen molar-refractivity contribution in [1.29, 1.82) is 0 Å². The van der Waals surface area contributed by atoms with E-state index in [1.807, 2.05) is 0 Å². The fourth-order valence-corrected chi connectivity index (χ4v) is 3.61. The van der Waals surface area contributed by atoms with Gasteiger partial charge in [0.05, 0.1) is 23.5 Å². The maximum atomic E-state index is 13.2. The molecule has 2 fully saturated rings. The van der Waals surface area contributed by atoms with Gasteiger partial charge in [0.15, 0.2) is 0 Å². The van der Waals surface area contributed by atoms with Crippen molar-refractivity contribution in [3.63, 3.8) is 0 Å². The number of carbonyl (C=O) groups is 1. The van der Waals surface area contributed by atoms with Crippen LogP contribution >= 0.6 is 0 Å². The molecule has 4 heterocycles. The second-order valence-electron chi connectivity index (χ2n) is 6.59. The van der Waals surface area contributed by atoms with Crippen LogP contribution in [0.15, 0.2) is 30.7 Å². The summed E-state index contributed by atoms with van der Waals surface area (Å²) < 4.78 is 41.4. The molecule has 0 aromatic carbocycles. The van der Waals surface area contributed by atoms with Gasteiger partial charge in [-0.1, -0.05) is 0 Å². The summed E-state index contributed by atoms with van der Waals surface area (Å²) in [5, 5.41) is 4.33. The Morgan fingerprint density at radius 2 is 2.08 bits per heavy atom. The highest BCUT2D eigenvalue weighted by Gasteiger charge is 2.37. The Hall–Kier alpha value is -2.58. The van der Waals surface area contributed by atoms with Crippen molar-refractivity contribution in [2.75, 3.05) is 29.4 Å². The lowest BCUT2D eigenvalue weighted by Gasteiger charge is -2.21. The molecule has 2 aliphatic rings. The van der Waals surface area contributed by atoms with Crippen LogP contribution in [0.3, 0.4) is 0 Å². The topological polar surface area (TPSA) is 54.3 Å². The van der Waals surface area contributed by atoms with Gasteiger partial charge in [-0.3, -0.25) is 9.48 Å². The zero-order valence-electron chi connectivity index (χ0n) is 14.0. The van der Waals surface area contributed by atoms with E-state index in [1.54, 1.807) is 26.9 Å². The summed E-state index contributed by atoms with van der Waals surface area (Å²) in [7, 11) is 0. The first-order valence-corrected chi connectivity index (χ1v) is 8.55. The SMILES string of the molecule is O=C1CCCN1c1cnn(C2CCN(c3ncccc3C(F)(F)F)C2)c1. The molecule has 26 heavy (non-hydrogen) atoms. The quantitative estimate of drug-likeness (QED) is 0.839. The van der Waals surface area contributed by atoms with Crippen LogP contribution in [0.25, 0.3) is 0 Å². The Balaban J connectivity index is 1.52. The minimum absolute atomic E-state index is 0.0374. The van der Waals surface area contributed by atoms with Crippen LogP contribution in [-0.2, 0) is 11.0 Å². The second kappa shape index (κ2) is 6.30. The third kappa shape index (κ3) is 3.02. The Morgan fingerprint density at radius 1 is 1.23 bits per heavy atom. The molecule has 1 amide bonds. The number of amides is 1. The normalized spacial score (nSPS) is 21.0. The van der Waals surface area contributed by atoms with Crippen molar-refractivity contribution in [2.45, 2.75) is 31.5 Å². The fourth-order valence-electron chi connectivity index (χ4n) is 3.61. The van der Waals surface area contributed by atoms with Crippen LogP contribution in [0.1, 0.15) is 30.9 Å². The third-order valence-corrected chi connectivity index (χ3v) is 4.90. The lowest BCUT2D eigenvalue weighted by molar-refractivity contribution is -0.137. The average Bonchev–Trinajstić information content (AvgIpc) is 3.33. The van der Waals surface area contributed by atoms with E-state index in [1.165, 1.54) is 12.3 Å². The van der Waals surface area contributed by atoms with Crippen molar-refractivity contribution in [3.8, 4) is 0 Å². The molecule has 6 nitrogen and oxygen atoms in total. The van der Waals surface area contributed by atoms with E-state index in [9.17, 15) is 18.0 Å². The number of alkyl halides is 3. The molecule has 9 heteroatoms. The zero-order valence-corrected chi connectivity index (χ0v) is 14.0. The van der Waals surface area contributed by atoms with Crippen LogP contribution in [0, 0.1) is 0 Å². The number of pyridine rings is 1. The summed E-state index contributed by atoms with van der Waals surface area (Å²) in [6.07, 6.45) is 2.44. The molecule has 0 aliphatic carbocycles. The molecular formula is C17H18F3N5O.